The van der Waals surface area contributed by atoms with Crippen LogP contribution < -0.4 is 0 Å². The maximum absolute atomic E-state index is 13.3. The number of halogens is 4. The Bertz CT molecular complexity index is 606. The van der Waals surface area contributed by atoms with Crippen LogP contribution in [-0.2, 0) is 0 Å². The third-order valence-corrected chi connectivity index (χ3v) is 2.97. The summed E-state index contributed by atoms with van der Waals surface area (Å²) in [6.07, 6.45) is 1.20. The van der Waals surface area contributed by atoms with Crippen LogP contribution in [0.3, 0.4) is 0 Å². The maximum Gasteiger partial charge on any atom is 0.194 e. The highest BCUT2D eigenvalue weighted by Crippen LogP contribution is 2.32. The number of nitrogens with zero attached hydrogens (tertiary/aromatic N) is 2. The zero-order chi connectivity index (χ0) is 14.2. The minimum absolute atomic E-state index is 0.0418. The summed E-state index contributed by atoms with van der Waals surface area (Å²) < 4.78 is 39.5. The van der Waals surface area contributed by atoms with Crippen LogP contribution in [0.2, 0.25) is 5.15 Å². The molecular weight excluding hydrogens is 277 g/mol. The molecule has 0 fully saturated rings. The minimum atomic E-state index is -1.50. The number of hydrogen-bond donors (Lipinski definition) is 0. The second-order valence-corrected chi connectivity index (χ2v) is 4.69. The SMILES string of the molecule is CC(C)c1c(Cl)ncnc1-c1cc(F)c(F)c(F)c1. The molecule has 1 heterocycles. The Labute approximate surface area is 113 Å². The summed E-state index contributed by atoms with van der Waals surface area (Å²) in [4.78, 5) is 7.83. The molecule has 0 bridgehead atoms. The van der Waals surface area contributed by atoms with Gasteiger partial charge in [0.1, 0.15) is 11.5 Å². The molecule has 0 aliphatic carbocycles. The molecule has 0 N–H and O–H groups in total. The van der Waals surface area contributed by atoms with Crippen molar-refractivity contribution in [2.45, 2.75) is 19.8 Å². The summed E-state index contributed by atoms with van der Waals surface area (Å²) in [7, 11) is 0. The van der Waals surface area contributed by atoms with E-state index in [1.165, 1.54) is 6.33 Å². The van der Waals surface area contributed by atoms with Crippen molar-refractivity contribution in [2.24, 2.45) is 0 Å². The zero-order valence-corrected chi connectivity index (χ0v) is 11.0. The van der Waals surface area contributed by atoms with E-state index in [4.69, 9.17) is 11.6 Å². The van der Waals surface area contributed by atoms with Gasteiger partial charge >= 0.3 is 0 Å². The Balaban J connectivity index is 2.69. The number of rotatable bonds is 2. The van der Waals surface area contributed by atoms with E-state index >= 15 is 0 Å². The van der Waals surface area contributed by atoms with Crippen LogP contribution >= 0.6 is 11.6 Å². The van der Waals surface area contributed by atoms with E-state index in [-0.39, 0.29) is 16.6 Å². The number of aromatic nitrogens is 2. The van der Waals surface area contributed by atoms with Gasteiger partial charge < -0.3 is 0 Å². The predicted molar refractivity (Wildman–Crippen MR) is 66.4 cm³/mol. The van der Waals surface area contributed by atoms with Gasteiger partial charge in [-0.05, 0) is 18.1 Å². The maximum atomic E-state index is 13.3. The molecule has 0 unspecified atom stereocenters. The van der Waals surface area contributed by atoms with Gasteiger partial charge in [-0.2, -0.15) is 0 Å². The number of benzene rings is 1. The summed E-state index contributed by atoms with van der Waals surface area (Å²) in [6, 6.07) is 1.78. The van der Waals surface area contributed by atoms with E-state index in [1.807, 2.05) is 13.8 Å². The summed E-state index contributed by atoms with van der Waals surface area (Å²) in [5.41, 5.74) is 0.992. The van der Waals surface area contributed by atoms with E-state index in [2.05, 4.69) is 9.97 Å². The smallest absolute Gasteiger partial charge is 0.194 e. The van der Waals surface area contributed by atoms with Gasteiger partial charge in [0.2, 0.25) is 0 Å². The third kappa shape index (κ3) is 2.56. The fourth-order valence-corrected chi connectivity index (χ4v) is 2.16. The van der Waals surface area contributed by atoms with Crippen molar-refractivity contribution in [1.82, 2.24) is 9.97 Å². The molecular formula is C13H10ClF3N2. The van der Waals surface area contributed by atoms with Gasteiger partial charge in [-0.15, -0.1) is 0 Å². The quantitative estimate of drug-likeness (QED) is 0.606. The van der Waals surface area contributed by atoms with E-state index in [0.29, 0.717) is 11.3 Å². The highest BCUT2D eigenvalue weighted by atomic mass is 35.5. The average molecular weight is 287 g/mol. The second-order valence-electron chi connectivity index (χ2n) is 4.34. The van der Waals surface area contributed by atoms with Crippen LogP contribution in [0.5, 0.6) is 0 Å². The second kappa shape index (κ2) is 5.17. The first-order valence-corrected chi connectivity index (χ1v) is 5.95. The molecule has 0 amide bonds. The predicted octanol–water partition coefficient (Wildman–Crippen LogP) is 4.34. The fraction of sp³-hybridized carbons (Fsp3) is 0.231. The van der Waals surface area contributed by atoms with Crippen molar-refractivity contribution < 1.29 is 13.2 Å². The largest absolute Gasteiger partial charge is 0.236 e. The van der Waals surface area contributed by atoms with Crippen LogP contribution in [-0.4, -0.2) is 9.97 Å². The average Bonchev–Trinajstić information content (AvgIpc) is 2.34. The molecule has 2 nitrogen and oxygen atoms in total. The molecule has 6 heteroatoms. The van der Waals surface area contributed by atoms with E-state index in [0.717, 1.165) is 12.1 Å². The van der Waals surface area contributed by atoms with Gasteiger partial charge in [0.05, 0.1) is 5.69 Å². The van der Waals surface area contributed by atoms with Crippen molar-refractivity contribution in [2.75, 3.05) is 0 Å². The fourth-order valence-electron chi connectivity index (χ4n) is 1.81. The lowest BCUT2D eigenvalue weighted by molar-refractivity contribution is 0.447. The van der Waals surface area contributed by atoms with E-state index in [1.54, 1.807) is 0 Å². The lowest BCUT2D eigenvalue weighted by Gasteiger charge is -2.13. The normalized spacial score (nSPS) is 11.1. The Morgan fingerprint density at radius 3 is 2.16 bits per heavy atom. The molecule has 1 aromatic heterocycles. The zero-order valence-electron chi connectivity index (χ0n) is 10.2. The minimum Gasteiger partial charge on any atom is -0.236 e. The van der Waals surface area contributed by atoms with Crippen LogP contribution in [0.15, 0.2) is 18.5 Å². The van der Waals surface area contributed by atoms with Crippen molar-refractivity contribution >= 4 is 11.6 Å². The monoisotopic (exact) mass is 286 g/mol. The summed E-state index contributed by atoms with van der Waals surface area (Å²) in [6.45, 7) is 3.70. The molecule has 2 rings (SSSR count). The van der Waals surface area contributed by atoms with Gasteiger partial charge in [0, 0.05) is 11.1 Å². The van der Waals surface area contributed by atoms with Gasteiger partial charge in [0.15, 0.2) is 17.5 Å². The molecule has 19 heavy (non-hydrogen) atoms. The Hall–Kier alpha value is -1.62. The van der Waals surface area contributed by atoms with Crippen LogP contribution in [0, 0.1) is 17.5 Å². The van der Waals surface area contributed by atoms with Crippen LogP contribution in [0.1, 0.15) is 25.3 Å². The topological polar surface area (TPSA) is 25.8 Å². The Kier molecular flexibility index (Phi) is 3.75. The molecule has 1 aromatic carbocycles. The summed E-state index contributed by atoms with van der Waals surface area (Å²) in [5.74, 6) is -4.08. The van der Waals surface area contributed by atoms with Crippen molar-refractivity contribution in [3.8, 4) is 11.3 Å². The first-order valence-electron chi connectivity index (χ1n) is 5.57. The molecule has 0 spiro atoms. The van der Waals surface area contributed by atoms with Crippen LogP contribution in [0.4, 0.5) is 13.2 Å². The third-order valence-electron chi connectivity index (χ3n) is 2.67. The van der Waals surface area contributed by atoms with E-state index in [9.17, 15) is 13.2 Å². The molecule has 0 radical (unpaired) electrons. The lowest BCUT2D eigenvalue weighted by Crippen LogP contribution is -2.01. The van der Waals surface area contributed by atoms with Crippen molar-refractivity contribution in [1.29, 1.82) is 0 Å². The Morgan fingerprint density at radius 2 is 1.63 bits per heavy atom. The van der Waals surface area contributed by atoms with Crippen molar-refractivity contribution in [3.05, 3.63) is 46.6 Å². The van der Waals surface area contributed by atoms with Gasteiger partial charge in [-0.25, -0.2) is 23.1 Å². The van der Waals surface area contributed by atoms with Gasteiger partial charge in [0.25, 0.3) is 0 Å². The van der Waals surface area contributed by atoms with Gasteiger partial charge in [-0.1, -0.05) is 25.4 Å². The van der Waals surface area contributed by atoms with E-state index < -0.39 is 17.5 Å². The molecule has 100 valence electrons. The highest BCUT2D eigenvalue weighted by Gasteiger charge is 2.18. The molecule has 0 aliphatic heterocycles. The van der Waals surface area contributed by atoms with Gasteiger partial charge in [-0.3, -0.25) is 0 Å². The highest BCUT2D eigenvalue weighted by molar-refractivity contribution is 6.30. The molecule has 0 saturated heterocycles. The first-order chi connectivity index (χ1) is 8.91. The Morgan fingerprint density at radius 1 is 1.05 bits per heavy atom. The molecule has 0 atom stereocenters. The molecule has 2 aromatic rings. The first kappa shape index (κ1) is 13.8. The van der Waals surface area contributed by atoms with Crippen molar-refractivity contribution in [3.63, 3.8) is 0 Å². The van der Waals surface area contributed by atoms with Crippen LogP contribution in [0.25, 0.3) is 11.3 Å². The summed E-state index contributed by atoms with van der Waals surface area (Å²) >= 11 is 5.97. The lowest BCUT2D eigenvalue weighted by atomic mass is 9.98. The standard InChI is InChI=1S/C13H10ClF3N2/c1-6(2)10-12(18-5-19-13(10)14)7-3-8(15)11(17)9(16)4-7/h3-6H,1-2H3. The molecule has 0 saturated carbocycles. The summed E-state index contributed by atoms with van der Waals surface area (Å²) in [5, 5.41) is 0.213. The number of hydrogen-bond acceptors (Lipinski definition) is 2. The molecule has 0 aliphatic rings.